The van der Waals surface area contributed by atoms with Gasteiger partial charge in [0, 0.05) is 18.6 Å². The number of hydrogen-bond acceptors (Lipinski definition) is 2. The van der Waals surface area contributed by atoms with Crippen LogP contribution in [0.2, 0.25) is 0 Å². The molecule has 1 N–H and O–H groups in total. The maximum Gasteiger partial charge on any atom is 0.0472 e. The Hall–Kier alpha value is -0.860. The van der Waals surface area contributed by atoms with Crippen LogP contribution in [0.5, 0.6) is 0 Å². The third kappa shape index (κ3) is 3.80. The van der Waals surface area contributed by atoms with E-state index in [4.69, 9.17) is 0 Å². The molecule has 0 spiro atoms. The van der Waals surface area contributed by atoms with Gasteiger partial charge in [-0.2, -0.15) is 0 Å². The molecule has 106 valence electrons. The van der Waals surface area contributed by atoms with Gasteiger partial charge in [0.05, 0.1) is 0 Å². The van der Waals surface area contributed by atoms with Crippen molar-refractivity contribution in [3.8, 4) is 0 Å². The van der Waals surface area contributed by atoms with E-state index in [0.717, 1.165) is 12.3 Å². The zero-order valence-corrected chi connectivity index (χ0v) is 12.8. The quantitative estimate of drug-likeness (QED) is 0.809. The summed E-state index contributed by atoms with van der Waals surface area (Å²) < 4.78 is 0. The summed E-state index contributed by atoms with van der Waals surface area (Å²) in [4.78, 5) is 2.51. The third-order valence-corrected chi connectivity index (χ3v) is 4.48. The summed E-state index contributed by atoms with van der Waals surface area (Å²) in [7, 11) is 4.33. The molecule has 1 aromatic carbocycles. The minimum absolute atomic E-state index is 0.412. The van der Waals surface area contributed by atoms with Crippen LogP contribution < -0.4 is 5.32 Å². The molecular formula is C17H28N2. The second-order valence-corrected chi connectivity index (χ2v) is 5.99. The molecule has 19 heavy (non-hydrogen) atoms. The summed E-state index contributed by atoms with van der Waals surface area (Å²) in [6, 6.07) is 10.0. The molecule has 2 rings (SSSR count). The van der Waals surface area contributed by atoms with E-state index in [9.17, 15) is 0 Å². The number of hydrogen-bond donors (Lipinski definition) is 1. The molecule has 1 aliphatic carbocycles. The van der Waals surface area contributed by atoms with Gasteiger partial charge in [-0.25, -0.2) is 0 Å². The number of nitrogens with one attached hydrogen (secondary N) is 1. The van der Waals surface area contributed by atoms with Crippen LogP contribution in [0.4, 0.5) is 0 Å². The highest BCUT2D eigenvalue weighted by Gasteiger charge is 2.27. The van der Waals surface area contributed by atoms with E-state index in [2.05, 4.69) is 62.4 Å². The lowest BCUT2D eigenvalue weighted by atomic mass is 9.98. The lowest BCUT2D eigenvalue weighted by Crippen LogP contribution is -2.40. The van der Waals surface area contributed by atoms with E-state index in [0.29, 0.717) is 12.1 Å². The van der Waals surface area contributed by atoms with E-state index >= 15 is 0 Å². The first-order valence-corrected chi connectivity index (χ1v) is 7.62. The van der Waals surface area contributed by atoms with Gasteiger partial charge in [0.1, 0.15) is 0 Å². The summed E-state index contributed by atoms with van der Waals surface area (Å²) in [6.45, 7) is 5.78. The average Bonchev–Trinajstić information content (AvgIpc) is 3.24. The first kappa shape index (κ1) is 14.5. The molecule has 0 saturated heterocycles. The monoisotopic (exact) mass is 260 g/mol. The van der Waals surface area contributed by atoms with Gasteiger partial charge in [0.15, 0.2) is 0 Å². The van der Waals surface area contributed by atoms with Crippen LogP contribution in [0.1, 0.15) is 43.9 Å². The number of likely N-dealkylation sites (N-methyl/N-ethyl adjacent to an activating group) is 2. The zero-order chi connectivity index (χ0) is 13.8. The van der Waals surface area contributed by atoms with Crippen LogP contribution in [0.3, 0.4) is 0 Å². The summed E-state index contributed by atoms with van der Waals surface area (Å²) in [6.07, 6.45) is 3.96. The molecule has 2 unspecified atom stereocenters. The molecule has 1 fully saturated rings. The Bertz CT molecular complexity index is 381. The summed E-state index contributed by atoms with van der Waals surface area (Å²) in [5.41, 5.74) is 2.81. The fraction of sp³-hybridized carbons (Fsp3) is 0.647. The predicted octanol–water partition coefficient (Wildman–Crippen LogP) is 3.24. The Morgan fingerprint density at radius 1 is 1.26 bits per heavy atom. The van der Waals surface area contributed by atoms with Crippen molar-refractivity contribution in [1.82, 2.24) is 10.2 Å². The Labute approximate surface area is 118 Å². The highest BCUT2D eigenvalue weighted by Crippen LogP contribution is 2.31. The van der Waals surface area contributed by atoms with Gasteiger partial charge in [-0.1, -0.05) is 31.2 Å². The van der Waals surface area contributed by atoms with Gasteiger partial charge in [-0.3, -0.25) is 0 Å². The fourth-order valence-corrected chi connectivity index (χ4v) is 2.78. The molecule has 1 aliphatic rings. The second-order valence-electron chi connectivity index (χ2n) is 5.99. The molecule has 2 atom stereocenters. The van der Waals surface area contributed by atoms with Crippen molar-refractivity contribution in [1.29, 1.82) is 0 Å². The van der Waals surface area contributed by atoms with Crippen molar-refractivity contribution in [2.45, 2.75) is 45.2 Å². The molecule has 0 aliphatic heterocycles. The molecule has 0 aromatic heterocycles. The van der Waals surface area contributed by atoms with Gasteiger partial charge in [0.2, 0.25) is 0 Å². The highest BCUT2D eigenvalue weighted by atomic mass is 15.2. The third-order valence-electron chi connectivity index (χ3n) is 4.48. The molecule has 1 aromatic rings. The first-order chi connectivity index (χ1) is 9.15. The van der Waals surface area contributed by atoms with Gasteiger partial charge < -0.3 is 10.2 Å². The Morgan fingerprint density at radius 2 is 1.89 bits per heavy atom. The van der Waals surface area contributed by atoms with Gasteiger partial charge in [-0.05, 0) is 57.3 Å². The molecular weight excluding hydrogens is 232 g/mol. The number of benzene rings is 1. The zero-order valence-electron chi connectivity index (χ0n) is 12.8. The maximum atomic E-state index is 3.49. The van der Waals surface area contributed by atoms with Crippen molar-refractivity contribution >= 4 is 0 Å². The Kier molecular flexibility index (Phi) is 5.00. The molecule has 2 heteroatoms. The maximum absolute atomic E-state index is 3.49. The highest BCUT2D eigenvalue weighted by molar-refractivity contribution is 5.26. The fourth-order valence-electron chi connectivity index (χ4n) is 2.78. The first-order valence-electron chi connectivity index (χ1n) is 7.62. The van der Waals surface area contributed by atoms with E-state index in [1.54, 1.807) is 0 Å². The van der Waals surface area contributed by atoms with Gasteiger partial charge in [0.25, 0.3) is 0 Å². The lowest BCUT2D eigenvalue weighted by molar-refractivity contribution is 0.204. The minimum atomic E-state index is 0.412. The summed E-state index contributed by atoms with van der Waals surface area (Å²) >= 11 is 0. The van der Waals surface area contributed by atoms with Crippen LogP contribution in [-0.2, 0) is 6.42 Å². The van der Waals surface area contributed by atoms with Crippen LogP contribution in [-0.4, -0.2) is 31.6 Å². The minimum Gasteiger partial charge on any atom is -0.312 e. The molecule has 0 bridgehead atoms. The van der Waals surface area contributed by atoms with E-state index in [1.165, 1.54) is 30.5 Å². The van der Waals surface area contributed by atoms with Gasteiger partial charge in [-0.15, -0.1) is 0 Å². The lowest BCUT2D eigenvalue weighted by Gasteiger charge is -2.32. The van der Waals surface area contributed by atoms with E-state index < -0.39 is 0 Å². The van der Waals surface area contributed by atoms with E-state index in [1.807, 2.05) is 0 Å². The topological polar surface area (TPSA) is 15.3 Å². The van der Waals surface area contributed by atoms with Crippen LogP contribution in [0.15, 0.2) is 24.3 Å². The SMILES string of the molecule is CCc1ccc(C(NC)C(C)N(C)CC2CC2)cc1. The molecule has 0 radical (unpaired) electrons. The standard InChI is InChI=1S/C17H28N2/c1-5-14-8-10-16(11-9-14)17(18-3)13(2)19(4)12-15-6-7-15/h8-11,13,15,17-18H,5-7,12H2,1-4H3. The van der Waals surface area contributed by atoms with Crippen molar-refractivity contribution in [2.24, 2.45) is 5.92 Å². The summed E-state index contributed by atoms with van der Waals surface area (Å²) in [5.74, 6) is 0.951. The normalized spacial score (nSPS) is 18.6. The van der Waals surface area contributed by atoms with Crippen LogP contribution in [0, 0.1) is 5.92 Å². The molecule has 0 heterocycles. The van der Waals surface area contributed by atoms with Crippen LogP contribution in [0.25, 0.3) is 0 Å². The summed E-state index contributed by atoms with van der Waals surface area (Å²) in [5, 5.41) is 3.49. The molecule has 1 saturated carbocycles. The smallest absolute Gasteiger partial charge is 0.0472 e. The Morgan fingerprint density at radius 3 is 2.37 bits per heavy atom. The average molecular weight is 260 g/mol. The predicted molar refractivity (Wildman–Crippen MR) is 82.4 cm³/mol. The molecule has 2 nitrogen and oxygen atoms in total. The van der Waals surface area contributed by atoms with E-state index in [-0.39, 0.29) is 0 Å². The van der Waals surface area contributed by atoms with Crippen molar-refractivity contribution in [2.75, 3.05) is 20.6 Å². The van der Waals surface area contributed by atoms with Crippen molar-refractivity contribution in [3.05, 3.63) is 35.4 Å². The number of rotatable bonds is 7. The Balaban J connectivity index is 2.03. The van der Waals surface area contributed by atoms with Crippen molar-refractivity contribution in [3.63, 3.8) is 0 Å². The number of nitrogens with zero attached hydrogens (tertiary/aromatic N) is 1. The number of aryl methyl sites for hydroxylation is 1. The van der Waals surface area contributed by atoms with Gasteiger partial charge >= 0.3 is 0 Å². The largest absolute Gasteiger partial charge is 0.312 e. The van der Waals surface area contributed by atoms with Crippen LogP contribution >= 0.6 is 0 Å². The molecule has 0 amide bonds. The second kappa shape index (κ2) is 6.53. The van der Waals surface area contributed by atoms with Crippen molar-refractivity contribution < 1.29 is 0 Å².